The Balaban J connectivity index is 2.99. The average Bonchev–Trinajstić information content (AvgIpc) is 2.28. The second kappa shape index (κ2) is 4.18. The van der Waals surface area contributed by atoms with Crippen LogP contribution >= 0.6 is 15.9 Å². The van der Waals surface area contributed by atoms with E-state index in [1.165, 1.54) is 24.3 Å². The number of fused-ring (bicyclic) bond motifs is 1. The van der Waals surface area contributed by atoms with Gasteiger partial charge in [0.25, 0.3) is 0 Å². The number of carboxylic acids is 2. The first-order valence-electron chi connectivity index (χ1n) is 4.66. The highest BCUT2D eigenvalue weighted by atomic mass is 79.9. The molecule has 0 radical (unpaired) electrons. The quantitative estimate of drug-likeness (QED) is 0.799. The van der Waals surface area contributed by atoms with Crippen LogP contribution in [0, 0.1) is 0 Å². The summed E-state index contributed by atoms with van der Waals surface area (Å²) in [4.78, 5) is 21.9. The Hall–Kier alpha value is -1.88. The van der Waals surface area contributed by atoms with Gasteiger partial charge >= 0.3 is 0 Å². The van der Waals surface area contributed by atoms with Crippen LogP contribution in [-0.4, -0.2) is 11.9 Å². The van der Waals surface area contributed by atoms with Crippen molar-refractivity contribution in [1.29, 1.82) is 0 Å². The first-order chi connectivity index (χ1) is 8.02. The number of halogens is 1. The normalized spacial score (nSPS) is 10.4. The summed E-state index contributed by atoms with van der Waals surface area (Å²) in [6.07, 6.45) is 0. The van der Waals surface area contributed by atoms with E-state index in [2.05, 4.69) is 15.9 Å². The van der Waals surface area contributed by atoms with Crippen LogP contribution in [0.1, 0.15) is 20.7 Å². The smallest absolute Gasteiger partial charge is 0.0721 e. The van der Waals surface area contributed by atoms with Crippen molar-refractivity contribution in [2.45, 2.75) is 0 Å². The molecule has 0 aromatic heterocycles. The van der Waals surface area contributed by atoms with E-state index in [9.17, 15) is 19.8 Å². The highest BCUT2D eigenvalue weighted by molar-refractivity contribution is 9.10. The molecule has 86 valence electrons. The number of hydrogen-bond acceptors (Lipinski definition) is 4. The van der Waals surface area contributed by atoms with Gasteiger partial charge in [0.1, 0.15) is 0 Å². The summed E-state index contributed by atoms with van der Waals surface area (Å²) in [5.74, 6) is -2.84. The van der Waals surface area contributed by atoms with E-state index in [0.29, 0.717) is 9.86 Å². The summed E-state index contributed by atoms with van der Waals surface area (Å²) in [5.41, 5.74) is -0.328. The number of hydrogen-bond donors (Lipinski definition) is 0. The molecule has 17 heavy (non-hydrogen) atoms. The minimum absolute atomic E-state index is 0.113. The SMILES string of the molecule is O=C([O-])c1cccc2c(Br)ccc(C(=O)[O-])c12. The Kier molecular flexibility index (Phi) is 2.85. The van der Waals surface area contributed by atoms with Gasteiger partial charge in [-0.2, -0.15) is 0 Å². The Labute approximate surface area is 105 Å². The van der Waals surface area contributed by atoms with Crippen LogP contribution in [-0.2, 0) is 0 Å². The largest absolute Gasteiger partial charge is 0.545 e. The zero-order chi connectivity index (χ0) is 12.6. The minimum atomic E-state index is -1.42. The third kappa shape index (κ3) is 1.89. The third-order valence-corrected chi connectivity index (χ3v) is 3.12. The number of benzene rings is 2. The van der Waals surface area contributed by atoms with Crippen LogP contribution in [0.2, 0.25) is 0 Å². The van der Waals surface area contributed by atoms with Crippen LogP contribution in [0.25, 0.3) is 10.8 Å². The fourth-order valence-electron chi connectivity index (χ4n) is 1.71. The standard InChI is InChI=1S/C12H7BrO4/c13-9-5-4-8(12(16)17)10-6(9)2-1-3-7(10)11(14)15/h1-5H,(H,14,15)(H,16,17)/p-2. The van der Waals surface area contributed by atoms with Crippen molar-refractivity contribution in [3.05, 3.63) is 45.9 Å². The first kappa shape index (κ1) is 11.6. The van der Waals surface area contributed by atoms with Crippen molar-refractivity contribution in [2.75, 3.05) is 0 Å². The first-order valence-corrected chi connectivity index (χ1v) is 5.45. The molecule has 0 heterocycles. The lowest BCUT2D eigenvalue weighted by Crippen LogP contribution is -2.26. The Morgan fingerprint density at radius 3 is 2.12 bits per heavy atom. The molecule has 2 rings (SSSR count). The van der Waals surface area contributed by atoms with Gasteiger partial charge in [-0.3, -0.25) is 0 Å². The Morgan fingerprint density at radius 1 is 0.941 bits per heavy atom. The molecule has 2 aromatic rings. The van der Waals surface area contributed by atoms with Gasteiger partial charge in [-0.05, 0) is 11.5 Å². The molecular weight excluding hydrogens is 288 g/mol. The summed E-state index contributed by atoms with van der Waals surface area (Å²) in [6.45, 7) is 0. The summed E-state index contributed by atoms with van der Waals surface area (Å²) >= 11 is 3.24. The topological polar surface area (TPSA) is 80.3 Å². The van der Waals surface area contributed by atoms with Crippen LogP contribution in [0.5, 0.6) is 0 Å². The van der Waals surface area contributed by atoms with Crippen molar-refractivity contribution in [2.24, 2.45) is 0 Å². The van der Waals surface area contributed by atoms with Crippen LogP contribution in [0.3, 0.4) is 0 Å². The molecule has 0 saturated heterocycles. The van der Waals surface area contributed by atoms with E-state index >= 15 is 0 Å². The molecule has 0 aliphatic rings. The second-order valence-electron chi connectivity index (χ2n) is 3.40. The van der Waals surface area contributed by atoms with E-state index in [0.717, 1.165) is 0 Å². The van der Waals surface area contributed by atoms with Crippen LogP contribution in [0.15, 0.2) is 34.8 Å². The van der Waals surface area contributed by atoms with Gasteiger partial charge in [-0.15, -0.1) is 0 Å². The molecular formula is C12H5BrO4-2. The van der Waals surface area contributed by atoms with Gasteiger partial charge in [0.2, 0.25) is 0 Å². The number of rotatable bonds is 2. The van der Waals surface area contributed by atoms with E-state index in [1.807, 2.05) is 0 Å². The van der Waals surface area contributed by atoms with Crippen LogP contribution < -0.4 is 10.2 Å². The Bertz CT molecular complexity index is 613. The molecule has 0 aliphatic heterocycles. The van der Waals surface area contributed by atoms with E-state index < -0.39 is 11.9 Å². The van der Waals surface area contributed by atoms with Crippen molar-refractivity contribution in [1.82, 2.24) is 0 Å². The predicted molar refractivity (Wildman–Crippen MR) is 60.3 cm³/mol. The molecule has 0 N–H and O–H groups in total. The van der Waals surface area contributed by atoms with Gasteiger partial charge < -0.3 is 19.8 Å². The molecule has 5 heteroatoms. The fourth-order valence-corrected chi connectivity index (χ4v) is 2.17. The van der Waals surface area contributed by atoms with Crippen molar-refractivity contribution in [3.63, 3.8) is 0 Å². The monoisotopic (exact) mass is 292 g/mol. The summed E-state index contributed by atoms with van der Waals surface area (Å²) in [5, 5.41) is 22.5. The summed E-state index contributed by atoms with van der Waals surface area (Å²) in [7, 11) is 0. The van der Waals surface area contributed by atoms with Gasteiger partial charge in [0, 0.05) is 21.0 Å². The maximum Gasteiger partial charge on any atom is 0.0721 e. The van der Waals surface area contributed by atoms with E-state index in [4.69, 9.17) is 0 Å². The van der Waals surface area contributed by atoms with Crippen molar-refractivity contribution < 1.29 is 19.8 Å². The molecule has 0 spiro atoms. The number of aromatic carboxylic acids is 2. The fraction of sp³-hybridized carbons (Fsp3) is 0. The van der Waals surface area contributed by atoms with Gasteiger partial charge in [-0.25, -0.2) is 0 Å². The third-order valence-electron chi connectivity index (χ3n) is 2.43. The summed E-state index contributed by atoms with van der Waals surface area (Å²) in [6, 6.07) is 7.28. The highest BCUT2D eigenvalue weighted by Gasteiger charge is 2.10. The minimum Gasteiger partial charge on any atom is -0.545 e. The molecule has 4 nitrogen and oxygen atoms in total. The average molecular weight is 293 g/mol. The van der Waals surface area contributed by atoms with Crippen LogP contribution in [0.4, 0.5) is 0 Å². The molecule has 0 saturated carbocycles. The second-order valence-corrected chi connectivity index (χ2v) is 4.25. The van der Waals surface area contributed by atoms with E-state index in [-0.39, 0.29) is 16.5 Å². The molecule has 0 unspecified atom stereocenters. The highest BCUT2D eigenvalue weighted by Crippen LogP contribution is 2.29. The molecule has 0 fully saturated rings. The lowest BCUT2D eigenvalue weighted by molar-refractivity contribution is -0.255. The van der Waals surface area contributed by atoms with E-state index in [1.54, 1.807) is 6.07 Å². The molecule has 2 aromatic carbocycles. The number of carbonyl (C=O) groups excluding carboxylic acids is 2. The van der Waals surface area contributed by atoms with Crippen molar-refractivity contribution >= 4 is 38.6 Å². The molecule has 0 aliphatic carbocycles. The van der Waals surface area contributed by atoms with Crippen molar-refractivity contribution in [3.8, 4) is 0 Å². The zero-order valence-corrected chi connectivity index (χ0v) is 9.98. The Morgan fingerprint density at radius 2 is 1.53 bits per heavy atom. The zero-order valence-electron chi connectivity index (χ0n) is 8.40. The van der Waals surface area contributed by atoms with Gasteiger partial charge in [-0.1, -0.05) is 40.2 Å². The van der Waals surface area contributed by atoms with Gasteiger partial charge in [0.15, 0.2) is 0 Å². The molecule has 0 bridgehead atoms. The maximum absolute atomic E-state index is 11.0. The predicted octanol–water partition coefficient (Wildman–Crippen LogP) is 0.329. The lowest BCUT2D eigenvalue weighted by Gasteiger charge is -2.14. The summed E-state index contributed by atoms with van der Waals surface area (Å²) < 4.78 is 0.612. The number of carboxylic acid groups (broad SMARTS) is 2. The molecule has 0 amide bonds. The maximum atomic E-state index is 11.0. The number of carbonyl (C=O) groups is 2. The molecule has 0 atom stereocenters. The van der Waals surface area contributed by atoms with Gasteiger partial charge in [0.05, 0.1) is 11.9 Å². The lowest BCUT2D eigenvalue weighted by atomic mass is 9.99.